The summed E-state index contributed by atoms with van der Waals surface area (Å²) in [4.78, 5) is 4.22. The largest absolute Gasteiger partial charge is 0.351 e. The summed E-state index contributed by atoms with van der Waals surface area (Å²) in [6, 6.07) is 0. The molecule has 0 unspecified atom stereocenters. The first kappa shape index (κ1) is 12.9. The van der Waals surface area contributed by atoms with E-state index in [1.165, 1.54) is 0 Å². The quantitative estimate of drug-likeness (QED) is 0.607. The van der Waals surface area contributed by atoms with E-state index in [1.54, 1.807) is 0 Å². The maximum atomic E-state index is 5.45. The van der Waals surface area contributed by atoms with Gasteiger partial charge in [0.2, 0.25) is 0 Å². The third-order valence-electron chi connectivity index (χ3n) is 1.41. The number of hydrogen-bond donors (Lipinski definition) is 0. The molecule has 0 fully saturated rings. The Hall–Kier alpha value is -0.120. The highest BCUT2D eigenvalue weighted by molar-refractivity contribution is 4.64. The normalized spacial score (nSPS) is 12.9. The van der Waals surface area contributed by atoms with Crippen molar-refractivity contribution in [3.63, 3.8) is 0 Å². The van der Waals surface area contributed by atoms with Crippen LogP contribution in [0.3, 0.4) is 0 Å². The van der Waals surface area contributed by atoms with E-state index in [0.717, 1.165) is 6.54 Å². The Kier molecular flexibility index (Phi) is 5.53. The topological polar surface area (TPSA) is 15.7 Å². The average molecular weight is 188 g/mol. The summed E-state index contributed by atoms with van der Waals surface area (Å²) in [5.74, 6) is 0. The van der Waals surface area contributed by atoms with Crippen molar-refractivity contribution in [2.45, 2.75) is 20.8 Å². The van der Waals surface area contributed by atoms with Crippen LogP contribution in [0.1, 0.15) is 20.8 Å². The molecule has 13 heavy (non-hydrogen) atoms. The van der Waals surface area contributed by atoms with Crippen LogP contribution in [0.5, 0.6) is 0 Å². The monoisotopic (exact) mass is 188 g/mol. The summed E-state index contributed by atoms with van der Waals surface area (Å²) in [5.41, 5.74) is 0.343. The standard InChI is InChI=1S/C10H24N2O/c1-10(2,3)7-12(6)9-13-8-11(4)5/h7-9H2,1-6H3. The lowest BCUT2D eigenvalue weighted by molar-refractivity contribution is -0.0146. The van der Waals surface area contributed by atoms with Gasteiger partial charge in [-0.15, -0.1) is 0 Å². The summed E-state index contributed by atoms with van der Waals surface area (Å²) >= 11 is 0. The molecule has 0 atom stereocenters. The first-order valence-corrected chi connectivity index (χ1v) is 4.72. The van der Waals surface area contributed by atoms with Crippen LogP contribution in [0.2, 0.25) is 0 Å². The van der Waals surface area contributed by atoms with Crippen molar-refractivity contribution in [3.8, 4) is 0 Å². The van der Waals surface area contributed by atoms with Crippen molar-refractivity contribution in [2.24, 2.45) is 5.41 Å². The summed E-state index contributed by atoms with van der Waals surface area (Å²) in [5, 5.41) is 0. The molecule has 0 radical (unpaired) electrons. The van der Waals surface area contributed by atoms with Gasteiger partial charge in [0.05, 0.1) is 0 Å². The van der Waals surface area contributed by atoms with Crippen LogP contribution >= 0.6 is 0 Å². The molecule has 80 valence electrons. The van der Waals surface area contributed by atoms with Crippen LogP contribution in [0.25, 0.3) is 0 Å². The molecular formula is C10H24N2O. The van der Waals surface area contributed by atoms with E-state index in [-0.39, 0.29) is 0 Å². The fourth-order valence-electron chi connectivity index (χ4n) is 1.23. The Morgan fingerprint density at radius 1 is 1.00 bits per heavy atom. The summed E-state index contributed by atoms with van der Waals surface area (Å²) in [6.45, 7) is 9.14. The molecule has 0 bridgehead atoms. The molecule has 3 heteroatoms. The molecule has 0 saturated heterocycles. The Balaban J connectivity index is 3.46. The molecule has 0 aromatic carbocycles. The molecule has 0 aromatic heterocycles. The van der Waals surface area contributed by atoms with Crippen LogP contribution in [0.15, 0.2) is 0 Å². The molecule has 3 nitrogen and oxygen atoms in total. The van der Waals surface area contributed by atoms with Crippen LogP contribution in [0, 0.1) is 5.41 Å². The minimum absolute atomic E-state index is 0.343. The molecule has 0 heterocycles. The van der Waals surface area contributed by atoms with Gasteiger partial charge in [0.25, 0.3) is 0 Å². The lowest BCUT2D eigenvalue weighted by atomic mass is 9.96. The smallest absolute Gasteiger partial charge is 0.101 e. The minimum atomic E-state index is 0.343. The zero-order chi connectivity index (χ0) is 10.5. The van der Waals surface area contributed by atoms with Gasteiger partial charge in [0.1, 0.15) is 13.5 Å². The predicted octanol–water partition coefficient (Wildman–Crippen LogP) is 1.46. The maximum absolute atomic E-state index is 5.45. The molecule has 0 aliphatic carbocycles. The lowest BCUT2D eigenvalue weighted by Crippen LogP contribution is -2.32. The van der Waals surface area contributed by atoms with E-state index in [2.05, 4.69) is 32.7 Å². The second-order valence-electron chi connectivity index (χ2n) is 5.12. The van der Waals surface area contributed by atoms with Crippen LogP contribution in [0.4, 0.5) is 0 Å². The van der Waals surface area contributed by atoms with Gasteiger partial charge >= 0.3 is 0 Å². The molecule has 0 spiro atoms. The highest BCUT2D eigenvalue weighted by atomic mass is 16.5. The van der Waals surface area contributed by atoms with Crippen molar-refractivity contribution in [1.29, 1.82) is 0 Å². The Labute approximate surface area is 82.7 Å². The van der Waals surface area contributed by atoms with E-state index in [9.17, 15) is 0 Å². The molecule has 0 amide bonds. The van der Waals surface area contributed by atoms with E-state index in [1.807, 2.05) is 19.0 Å². The number of hydrogen-bond acceptors (Lipinski definition) is 3. The van der Waals surface area contributed by atoms with Crippen molar-refractivity contribution >= 4 is 0 Å². The van der Waals surface area contributed by atoms with E-state index in [0.29, 0.717) is 18.9 Å². The fourth-order valence-corrected chi connectivity index (χ4v) is 1.23. The maximum Gasteiger partial charge on any atom is 0.101 e. The van der Waals surface area contributed by atoms with Crippen molar-refractivity contribution < 1.29 is 4.74 Å². The van der Waals surface area contributed by atoms with E-state index in [4.69, 9.17) is 4.74 Å². The van der Waals surface area contributed by atoms with Crippen molar-refractivity contribution in [2.75, 3.05) is 41.1 Å². The third-order valence-corrected chi connectivity index (χ3v) is 1.41. The van der Waals surface area contributed by atoms with Gasteiger partial charge < -0.3 is 4.74 Å². The predicted molar refractivity (Wildman–Crippen MR) is 56.6 cm³/mol. The fraction of sp³-hybridized carbons (Fsp3) is 1.00. The Morgan fingerprint density at radius 2 is 1.54 bits per heavy atom. The van der Waals surface area contributed by atoms with Crippen molar-refractivity contribution in [3.05, 3.63) is 0 Å². The average Bonchev–Trinajstić information content (AvgIpc) is 1.81. The van der Waals surface area contributed by atoms with Gasteiger partial charge in [-0.1, -0.05) is 20.8 Å². The molecule has 0 N–H and O–H groups in total. The zero-order valence-electron chi connectivity index (χ0n) is 9.92. The Bertz CT molecular complexity index is 129. The van der Waals surface area contributed by atoms with Gasteiger partial charge in [-0.05, 0) is 26.6 Å². The second kappa shape index (κ2) is 5.58. The first-order valence-electron chi connectivity index (χ1n) is 4.72. The number of ether oxygens (including phenoxy) is 1. The molecule has 0 rings (SSSR count). The summed E-state index contributed by atoms with van der Waals surface area (Å²) < 4.78 is 5.45. The van der Waals surface area contributed by atoms with Crippen LogP contribution < -0.4 is 0 Å². The molecular weight excluding hydrogens is 164 g/mol. The van der Waals surface area contributed by atoms with E-state index < -0.39 is 0 Å². The number of nitrogens with zero attached hydrogens (tertiary/aromatic N) is 2. The van der Waals surface area contributed by atoms with Gasteiger partial charge in [-0.25, -0.2) is 0 Å². The van der Waals surface area contributed by atoms with Gasteiger partial charge in [0, 0.05) is 6.54 Å². The van der Waals surface area contributed by atoms with Gasteiger partial charge in [-0.3, -0.25) is 9.80 Å². The zero-order valence-corrected chi connectivity index (χ0v) is 9.92. The highest BCUT2D eigenvalue weighted by Gasteiger charge is 2.12. The first-order chi connectivity index (χ1) is 5.81. The van der Waals surface area contributed by atoms with E-state index >= 15 is 0 Å². The van der Waals surface area contributed by atoms with Gasteiger partial charge in [-0.2, -0.15) is 0 Å². The molecule has 0 aliphatic rings. The van der Waals surface area contributed by atoms with Crippen LogP contribution in [-0.4, -0.2) is 50.9 Å². The van der Waals surface area contributed by atoms with Crippen LogP contribution in [-0.2, 0) is 4.74 Å². The third kappa shape index (κ3) is 9.80. The van der Waals surface area contributed by atoms with Crippen molar-refractivity contribution in [1.82, 2.24) is 9.80 Å². The summed E-state index contributed by atoms with van der Waals surface area (Å²) in [6.07, 6.45) is 0. The number of rotatable bonds is 5. The minimum Gasteiger partial charge on any atom is -0.351 e. The Morgan fingerprint density at radius 3 is 1.92 bits per heavy atom. The lowest BCUT2D eigenvalue weighted by Gasteiger charge is -2.26. The molecule has 0 aliphatic heterocycles. The molecule has 0 aromatic rings. The second-order valence-corrected chi connectivity index (χ2v) is 5.12. The summed E-state index contributed by atoms with van der Waals surface area (Å²) in [7, 11) is 6.09. The molecule has 0 saturated carbocycles. The van der Waals surface area contributed by atoms with Gasteiger partial charge in [0.15, 0.2) is 0 Å². The SMILES string of the molecule is CN(C)COCN(C)CC(C)(C)C. The highest BCUT2D eigenvalue weighted by Crippen LogP contribution is 2.13.